The molecule has 0 bridgehead atoms. The van der Waals surface area contributed by atoms with Crippen molar-refractivity contribution in [3.8, 4) is 0 Å². The maximum atomic E-state index is 14.8. The van der Waals surface area contributed by atoms with Crippen LogP contribution in [0.5, 0.6) is 0 Å². The van der Waals surface area contributed by atoms with Gasteiger partial charge in [-0.15, -0.1) is 0 Å². The van der Waals surface area contributed by atoms with Crippen LogP contribution in [0.25, 0.3) is 0 Å². The summed E-state index contributed by atoms with van der Waals surface area (Å²) in [5, 5.41) is 2.67. The Morgan fingerprint density at radius 1 is 1.38 bits per heavy atom. The molecule has 1 saturated heterocycles. The molecule has 2 aliphatic rings. The predicted molar refractivity (Wildman–Crippen MR) is 102 cm³/mol. The average molecular weight is 398 g/mol. The van der Waals surface area contributed by atoms with Gasteiger partial charge in [-0.3, -0.25) is 19.5 Å². The Labute approximate surface area is 165 Å². The highest BCUT2D eigenvalue weighted by atomic mass is 19.1. The van der Waals surface area contributed by atoms with Crippen LogP contribution in [-0.4, -0.2) is 52.9 Å². The summed E-state index contributed by atoms with van der Waals surface area (Å²) in [5.41, 5.74) is 5.89. The third kappa shape index (κ3) is 3.11. The first-order valence-electron chi connectivity index (χ1n) is 8.92. The van der Waals surface area contributed by atoms with E-state index in [9.17, 15) is 14.0 Å². The van der Waals surface area contributed by atoms with Crippen molar-refractivity contribution in [2.45, 2.75) is 12.5 Å². The van der Waals surface area contributed by atoms with Crippen molar-refractivity contribution in [2.75, 3.05) is 25.6 Å². The van der Waals surface area contributed by atoms with Crippen molar-refractivity contribution in [2.24, 2.45) is 16.6 Å². The van der Waals surface area contributed by atoms with Crippen molar-refractivity contribution in [3.05, 3.63) is 53.4 Å². The Bertz CT molecular complexity index is 1030. The van der Waals surface area contributed by atoms with Crippen LogP contribution in [0.15, 0.2) is 35.6 Å². The Balaban J connectivity index is 1.71. The first-order valence-corrected chi connectivity index (χ1v) is 8.92. The number of rotatable bonds is 3. The number of aryl methyl sites for hydroxylation is 1. The van der Waals surface area contributed by atoms with Crippen molar-refractivity contribution >= 4 is 23.5 Å². The molecule has 1 aromatic heterocycles. The highest BCUT2D eigenvalue weighted by Gasteiger charge is 2.54. The molecule has 0 radical (unpaired) electrons. The van der Waals surface area contributed by atoms with Gasteiger partial charge in [0.15, 0.2) is 5.96 Å². The third-order valence-corrected chi connectivity index (χ3v) is 5.17. The lowest BCUT2D eigenvalue weighted by atomic mass is 9.78. The second-order valence-electron chi connectivity index (χ2n) is 7.05. The van der Waals surface area contributed by atoms with Crippen molar-refractivity contribution in [1.82, 2.24) is 14.9 Å². The van der Waals surface area contributed by atoms with Gasteiger partial charge >= 0.3 is 0 Å². The van der Waals surface area contributed by atoms with E-state index in [2.05, 4.69) is 20.3 Å². The van der Waals surface area contributed by atoms with Gasteiger partial charge in [0.2, 0.25) is 5.91 Å². The number of carbonyl (C=O) groups excluding carboxylic acids is 2. The quantitative estimate of drug-likeness (QED) is 0.789. The van der Waals surface area contributed by atoms with Gasteiger partial charge in [-0.25, -0.2) is 14.4 Å². The minimum absolute atomic E-state index is 0.00963. The SMILES string of the molecule is Cc1cnc(C(=O)Nc2ccc(F)c(C34COCC3C(=O)N(C)C(N)=N4)c2)cn1. The maximum absolute atomic E-state index is 14.8. The van der Waals surface area contributed by atoms with E-state index in [0.717, 1.165) is 0 Å². The molecule has 1 fully saturated rings. The lowest BCUT2D eigenvalue weighted by Crippen LogP contribution is -2.54. The molecule has 3 heterocycles. The molecule has 0 spiro atoms. The number of carbonyl (C=O) groups is 2. The van der Waals surface area contributed by atoms with E-state index < -0.39 is 23.2 Å². The zero-order chi connectivity index (χ0) is 20.8. The molecule has 29 heavy (non-hydrogen) atoms. The number of anilines is 1. The van der Waals surface area contributed by atoms with Crippen molar-refractivity contribution in [3.63, 3.8) is 0 Å². The lowest BCUT2D eigenvalue weighted by Gasteiger charge is -2.37. The fourth-order valence-electron chi connectivity index (χ4n) is 3.55. The van der Waals surface area contributed by atoms with Crippen LogP contribution < -0.4 is 11.1 Å². The second kappa shape index (κ2) is 6.89. The minimum atomic E-state index is -1.28. The molecule has 0 aliphatic carbocycles. The number of fused-ring (bicyclic) bond motifs is 1. The predicted octanol–water partition coefficient (Wildman–Crippen LogP) is 0.805. The Hall–Kier alpha value is -3.40. The number of hydrogen-bond donors (Lipinski definition) is 2. The number of guanidine groups is 1. The number of nitrogens with one attached hydrogen (secondary N) is 1. The highest BCUT2D eigenvalue weighted by Crippen LogP contribution is 2.44. The molecule has 10 heteroatoms. The second-order valence-corrected chi connectivity index (χ2v) is 7.05. The van der Waals surface area contributed by atoms with Crippen LogP contribution in [0.1, 0.15) is 21.7 Å². The number of nitrogens with two attached hydrogens (primary N) is 1. The number of amides is 2. The summed E-state index contributed by atoms with van der Waals surface area (Å²) in [7, 11) is 1.51. The molecular weight excluding hydrogens is 379 g/mol. The van der Waals surface area contributed by atoms with Crippen LogP contribution in [0.3, 0.4) is 0 Å². The van der Waals surface area contributed by atoms with Crippen LogP contribution in [0.4, 0.5) is 10.1 Å². The molecule has 9 nitrogen and oxygen atoms in total. The van der Waals surface area contributed by atoms with Gasteiger partial charge in [-0.2, -0.15) is 0 Å². The number of ether oxygens (including phenoxy) is 1. The van der Waals surface area contributed by atoms with Crippen LogP contribution >= 0.6 is 0 Å². The normalized spacial score (nSPS) is 23.6. The molecular formula is C19H19FN6O3. The van der Waals surface area contributed by atoms with Gasteiger partial charge in [0.1, 0.15) is 17.1 Å². The number of hydrogen-bond acceptors (Lipinski definition) is 7. The van der Waals surface area contributed by atoms with Gasteiger partial charge in [0.25, 0.3) is 5.91 Å². The number of benzene rings is 1. The smallest absolute Gasteiger partial charge is 0.275 e. The maximum Gasteiger partial charge on any atom is 0.275 e. The fraction of sp³-hybridized carbons (Fsp3) is 0.316. The van der Waals surface area contributed by atoms with E-state index in [1.165, 1.54) is 42.5 Å². The van der Waals surface area contributed by atoms with Crippen LogP contribution in [0.2, 0.25) is 0 Å². The third-order valence-electron chi connectivity index (χ3n) is 5.17. The monoisotopic (exact) mass is 398 g/mol. The molecule has 2 aromatic rings. The van der Waals surface area contributed by atoms with E-state index >= 15 is 0 Å². The summed E-state index contributed by atoms with van der Waals surface area (Å²) in [6.07, 6.45) is 2.83. The zero-order valence-electron chi connectivity index (χ0n) is 15.8. The Morgan fingerprint density at radius 2 is 2.17 bits per heavy atom. The summed E-state index contributed by atoms with van der Waals surface area (Å²) in [4.78, 5) is 38.8. The molecule has 150 valence electrons. The topological polar surface area (TPSA) is 123 Å². The van der Waals surface area contributed by atoms with E-state index in [0.29, 0.717) is 11.4 Å². The summed E-state index contributed by atoms with van der Waals surface area (Å²) in [5.74, 6) is -2.07. The zero-order valence-corrected chi connectivity index (χ0v) is 15.8. The van der Waals surface area contributed by atoms with E-state index in [1.54, 1.807) is 6.92 Å². The van der Waals surface area contributed by atoms with Gasteiger partial charge in [-0.05, 0) is 25.1 Å². The largest absolute Gasteiger partial charge is 0.378 e. The van der Waals surface area contributed by atoms with Crippen molar-refractivity contribution < 1.29 is 18.7 Å². The van der Waals surface area contributed by atoms with Crippen molar-refractivity contribution in [1.29, 1.82) is 0 Å². The fourth-order valence-corrected chi connectivity index (χ4v) is 3.55. The van der Waals surface area contributed by atoms with Gasteiger partial charge in [0, 0.05) is 24.5 Å². The van der Waals surface area contributed by atoms with Crippen LogP contribution in [-0.2, 0) is 15.1 Å². The molecule has 2 amide bonds. The molecule has 2 unspecified atom stereocenters. The number of aromatic nitrogens is 2. The van der Waals surface area contributed by atoms with E-state index in [-0.39, 0.29) is 36.3 Å². The molecule has 2 aliphatic heterocycles. The molecule has 2 atom stereocenters. The molecule has 0 saturated carbocycles. The summed E-state index contributed by atoms with van der Waals surface area (Å²) >= 11 is 0. The van der Waals surface area contributed by atoms with Crippen LogP contribution in [0, 0.1) is 18.7 Å². The van der Waals surface area contributed by atoms with Gasteiger partial charge < -0.3 is 15.8 Å². The van der Waals surface area contributed by atoms with Gasteiger partial charge in [0.05, 0.1) is 31.0 Å². The molecule has 4 rings (SSSR count). The van der Waals surface area contributed by atoms with E-state index in [4.69, 9.17) is 10.5 Å². The summed E-state index contributed by atoms with van der Waals surface area (Å²) in [6, 6.07) is 4.08. The minimum Gasteiger partial charge on any atom is -0.378 e. The first kappa shape index (κ1) is 18.9. The Kier molecular flexibility index (Phi) is 4.50. The van der Waals surface area contributed by atoms with E-state index in [1.807, 2.05) is 0 Å². The molecule has 3 N–H and O–H groups in total. The lowest BCUT2D eigenvalue weighted by molar-refractivity contribution is -0.133. The number of nitrogens with zero attached hydrogens (tertiary/aromatic N) is 4. The highest BCUT2D eigenvalue weighted by molar-refractivity contribution is 6.03. The summed E-state index contributed by atoms with van der Waals surface area (Å²) in [6.45, 7) is 1.88. The number of halogens is 1. The molecule has 1 aromatic carbocycles. The van der Waals surface area contributed by atoms with Gasteiger partial charge in [-0.1, -0.05) is 0 Å². The Morgan fingerprint density at radius 3 is 2.90 bits per heavy atom. The standard InChI is InChI=1S/C19H19FN6O3/c1-10-6-23-15(7-22-10)16(27)24-11-3-4-14(20)12(5-11)19-9-29-8-13(19)17(28)26(2)18(21)25-19/h3-7,13H,8-9H2,1-2H3,(H2,21,25)(H,24,27). The number of aliphatic imine (C=N–C) groups is 1. The summed E-state index contributed by atoms with van der Waals surface area (Å²) < 4.78 is 20.3. The average Bonchev–Trinajstić information content (AvgIpc) is 3.13. The first-order chi connectivity index (χ1) is 13.8.